The summed E-state index contributed by atoms with van der Waals surface area (Å²) in [4.78, 5) is 59.3. The SMILES string of the molecule is CCN1CCN(C(=O)N(Cc2ccc(C(=O)CN)cc2F)c2cccc(F)c2F)CC1.CCN1CCN(C(=O)N(Cc2ccc(C(=O)OC)cc2F)c2cccc(F)c2F)CC1. The summed E-state index contributed by atoms with van der Waals surface area (Å²) in [7, 11) is 1.18. The molecular weight excluding hydrogens is 821 g/mol. The molecule has 2 saturated heterocycles. The largest absolute Gasteiger partial charge is 0.465 e. The minimum absolute atomic E-state index is 0.00856. The number of nitrogens with zero attached hydrogens (tertiary/aromatic N) is 6. The zero-order valence-corrected chi connectivity index (χ0v) is 34.7. The molecule has 4 amide bonds. The van der Waals surface area contributed by atoms with Crippen molar-refractivity contribution in [1.29, 1.82) is 0 Å². The van der Waals surface area contributed by atoms with Gasteiger partial charge in [0.25, 0.3) is 0 Å². The summed E-state index contributed by atoms with van der Waals surface area (Å²) >= 11 is 0. The number of rotatable bonds is 11. The highest BCUT2D eigenvalue weighted by atomic mass is 19.2. The van der Waals surface area contributed by atoms with E-state index < -0.39 is 58.7 Å². The van der Waals surface area contributed by atoms with Gasteiger partial charge in [0.2, 0.25) is 0 Å². The van der Waals surface area contributed by atoms with Gasteiger partial charge in [-0.1, -0.05) is 44.2 Å². The van der Waals surface area contributed by atoms with Gasteiger partial charge in [0.05, 0.1) is 43.7 Å². The lowest BCUT2D eigenvalue weighted by Crippen LogP contribution is -2.53. The smallest absolute Gasteiger partial charge is 0.337 e. The molecule has 0 bridgehead atoms. The average Bonchev–Trinajstić information content (AvgIpc) is 3.29. The first-order chi connectivity index (χ1) is 29.7. The number of nitrogens with two attached hydrogens (primary N) is 1. The second kappa shape index (κ2) is 21.7. The predicted molar refractivity (Wildman–Crippen MR) is 221 cm³/mol. The Bertz CT molecular complexity index is 2080. The molecule has 2 N–H and O–H groups in total. The standard InChI is InChI=1S/C22H25F3N4O2.C22H24F3N3O3/c1-2-27-8-10-28(11-9-27)22(31)29(19-5-3-4-17(23)21(19)25)14-16-7-6-15(12-18(16)24)20(30)13-26;1-3-26-9-11-27(12-10-26)22(30)28(19-6-4-5-17(23)20(19)25)14-16-8-7-15(13-18(16)24)21(29)31-2/h3-7,12H,2,8-11,13-14,26H2,1H3;4-8,13H,3,9-12,14H2,1-2H3. The van der Waals surface area contributed by atoms with Crippen LogP contribution in [0.5, 0.6) is 0 Å². The number of esters is 1. The highest BCUT2D eigenvalue weighted by Gasteiger charge is 2.31. The number of methoxy groups -OCH3 is 1. The number of Topliss-reactive ketones (excluding diaryl/α,β-unsaturated/α-hetero) is 1. The first kappa shape index (κ1) is 47.1. The fourth-order valence-corrected chi connectivity index (χ4v) is 6.99. The summed E-state index contributed by atoms with van der Waals surface area (Å²) in [6, 6.07) is 13.4. The second-order valence-electron chi connectivity index (χ2n) is 14.5. The highest BCUT2D eigenvalue weighted by molar-refractivity contribution is 5.97. The van der Waals surface area contributed by atoms with Crippen LogP contribution in [0, 0.1) is 34.9 Å². The van der Waals surface area contributed by atoms with Crippen LogP contribution in [0.25, 0.3) is 0 Å². The Labute approximate surface area is 356 Å². The number of ether oxygens (including phenoxy) is 1. The molecule has 0 radical (unpaired) electrons. The first-order valence-electron chi connectivity index (χ1n) is 20.0. The lowest BCUT2D eigenvalue weighted by Gasteiger charge is -2.37. The van der Waals surface area contributed by atoms with E-state index in [4.69, 9.17) is 5.73 Å². The van der Waals surface area contributed by atoms with Crippen molar-refractivity contribution in [2.24, 2.45) is 5.73 Å². The monoisotopic (exact) mass is 869 g/mol. The van der Waals surface area contributed by atoms with Gasteiger partial charge in [-0.2, -0.15) is 0 Å². The normalized spacial score (nSPS) is 14.5. The van der Waals surface area contributed by atoms with Gasteiger partial charge in [0, 0.05) is 69.0 Å². The number of carbonyl (C=O) groups is 4. The van der Waals surface area contributed by atoms with Crippen LogP contribution in [0.4, 0.5) is 47.3 Å². The molecule has 2 heterocycles. The Balaban J connectivity index is 0.000000234. The lowest BCUT2D eigenvalue weighted by atomic mass is 10.1. The fourth-order valence-electron chi connectivity index (χ4n) is 6.99. The number of ketones is 1. The number of piperazine rings is 2. The summed E-state index contributed by atoms with van der Waals surface area (Å²) in [5.74, 6) is -7.19. The molecule has 0 unspecified atom stereocenters. The van der Waals surface area contributed by atoms with Gasteiger partial charge >= 0.3 is 18.0 Å². The van der Waals surface area contributed by atoms with E-state index in [-0.39, 0.29) is 53.3 Å². The Kier molecular flexibility index (Phi) is 16.5. The van der Waals surface area contributed by atoms with E-state index in [1.54, 1.807) is 4.90 Å². The summed E-state index contributed by atoms with van der Waals surface area (Å²) in [6.45, 7) is 9.14. The van der Waals surface area contributed by atoms with Crippen LogP contribution in [-0.2, 0) is 17.8 Å². The number of likely N-dealkylation sites (N-methyl/N-ethyl adjacent to an activating group) is 2. The van der Waals surface area contributed by atoms with Crippen molar-refractivity contribution in [3.63, 3.8) is 0 Å². The van der Waals surface area contributed by atoms with Crippen molar-refractivity contribution >= 4 is 35.2 Å². The molecule has 62 heavy (non-hydrogen) atoms. The summed E-state index contributed by atoms with van der Waals surface area (Å²) in [5.41, 5.74) is 4.99. The van der Waals surface area contributed by atoms with Gasteiger partial charge < -0.3 is 30.1 Å². The quantitative estimate of drug-likeness (QED) is 0.101. The molecule has 12 nitrogen and oxygen atoms in total. The summed E-state index contributed by atoms with van der Waals surface area (Å²) in [5, 5.41) is 0. The molecule has 0 saturated carbocycles. The molecule has 4 aromatic carbocycles. The Morgan fingerprint density at radius 3 is 1.35 bits per heavy atom. The van der Waals surface area contributed by atoms with Crippen LogP contribution in [0.15, 0.2) is 72.8 Å². The lowest BCUT2D eigenvalue weighted by molar-refractivity contribution is 0.0600. The van der Waals surface area contributed by atoms with Gasteiger partial charge in [-0.3, -0.25) is 14.6 Å². The number of carbonyl (C=O) groups excluding carboxylic acids is 4. The van der Waals surface area contributed by atoms with Gasteiger partial charge in [0.15, 0.2) is 29.1 Å². The second-order valence-corrected chi connectivity index (χ2v) is 14.5. The number of hydrogen-bond acceptors (Lipinski definition) is 8. The Morgan fingerprint density at radius 1 is 0.581 bits per heavy atom. The highest BCUT2D eigenvalue weighted by Crippen LogP contribution is 2.28. The number of anilines is 2. The molecule has 332 valence electrons. The zero-order valence-electron chi connectivity index (χ0n) is 34.7. The molecule has 2 fully saturated rings. The third kappa shape index (κ3) is 11.3. The minimum atomic E-state index is -1.19. The van der Waals surface area contributed by atoms with Crippen LogP contribution in [0.1, 0.15) is 45.7 Å². The molecule has 0 aliphatic carbocycles. The number of benzene rings is 4. The van der Waals surface area contributed by atoms with Crippen molar-refractivity contribution in [3.05, 3.63) is 130 Å². The van der Waals surface area contributed by atoms with E-state index in [1.807, 2.05) is 13.8 Å². The molecular formula is C44H49F6N7O5. The van der Waals surface area contributed by atoms with Crippen LogP contribution < -0.4 is 15.5 Å². The summed E-state index contributed by atoms with van der Waals surface area (Å²) < 4.78 is 90.8. The van der Waals surface area contributed by atoms with Crippen molar-refractivity contribution in [1.82, 2.24) is 19.6 Å². The first-order valence-corrected chi connectivity index (χ1v) is 20.0. The fraction of sp³-hybridized carbons (Fsp3) is 0.364. The van der Waals surface area contributed by atoms with E-state index in [0.29, 0.717) is 52.4 Å². The van der Waals surface area contributed by atoms with Gasteiger partial charge in [0.1, 0.15) is 11.6 Å². The van der Waals surface area contributed by atoms with Crippen molar-refractivity contribution in [2.75, 3.05) is 88.9 Å². The molecule has 4 aromatic rings. The topological polar surface area (TPSA) is 123 Å². The van der Waals surface area contributed by atoms with Crippen LogP contribution in [0.2, 0.25) is 0 Å². The van der Waals surface area contributed by atoms with Gasteiger partial charge in [-0.15, -0.1) is 0 Å². The van der Waals surface area contributed by atoms with Crippen LogP contribution in [-0.4, -0.2) is 123 Å². The number of hydrogen-bond donors (Lipinski definition) is 1. The Hall–Kier alpha value is -5.98. The maximum absolute atomic E-state index is 14.7. The maximum atomic E-state index is 14.7. The molecule has 0 spiro atoms. The summed E-state index contributed by atoms with van der Waals surface area (Å²) in [6.07, 6.45) is 0. The number of amides is 4. The Morgan fingerprint density at radius 2 is 0.984 bits per heavy atom. The van der Waals surface area contributed by atoms with Gasteiger partial charge in [-0.05, 0) is 55.6 Å². The van der Waals surface area contributed by atoms with E-state index in [1.165, 1.54) is 60.5 Å². The predicted octanol–water partition coefficient (Wildman–Crippen LogP) is 6.66. The van der Waals surface area contributed by atoms with Crippen molar-refractivity contribution in [3.8, 4) is 0 Å². The molecule has 2 aliphatic heterocycles. The molecule has 0 atom stereocenters. The minimum Gasteiger partial charge on any atom is -0.465 e. The third-order valence-electron chi connectivity index (χ3n) is 10.8. The van der Waals surface area contributed by atoms with Gasteiger partial charge in [-0.25, -0.2) is 40.7 Å². The number of urea groups is 2. The zero-order chi connectivity index (χ0) is 45.1. The van der Waals surface area contributed by atoms with E-state index in [2.05, 4.69) is 14.5 Å². The molecule has 18 heteroatoms. The number of halogens is 6. The molecule has 0 aromatic heterocycles. The van der Waals surface area contributed by atoms with E-state index >= 15 is 0 Å². The average molecular weight is 870 g/mol. The van der Waals surface area contributed by atoms with Crippen molar-refractivity contribution < 1.29 is 50.3 Å². The molecule has 6 rings (SSSR count). The molecule has 2 aliphatic rings. The van der Waals surface area contributed by atoms with Crippen LogP contribution >= 0.6 is 0 Å². The van der Waals surface area contributed by atoms with E-state index in [0.717, 1.165) is 47.2 Å². The van der Waals surface area contributed by atoms with E-state index in [9.17, 15) is 45.5 Å². The maximum Gasteiger partial charge on any atom is 0.337 e. The van der Waals surface area contributed by atoms with Crippen molar-refractivity contribution in [2.45, 2.75) is 26.9 Å². The van der Waals surface area contributed by atoms with Crippen LogP contribution in [0.3, 0.4) is 0 Å². The third-order valence-corrected chi connectivity index (χ3v) is 10.8.